The highest BCUT2D eigenvalue weighted by atomic mass is 19.4. The van der Waals surface area contributed by atoms with Crippen LogP contribution in [0.25, 0.3) is 11.4 Å². The molecular weight excluding hydrogens is 577 g/mol. The van der Waals surface area contributed by atoms with Crippen molar-refractivity contribution in [2.75, 3.05) is 19.8 Å². The Balaban J connectivity index is 1.47. The van der Waals surface area contributed by atoms with E-state index in [1.807, 2.05) is 0 Å². The Morgan fingerprint density at radius 2 is 1.32 bits per heavy atom. The van der Waals surface area contributed by atoms with E-state index >= 15 is 0 Å². The minimum atomic E-state index is -4.77. The van der Waals surface area contributed by atoms with Gasteiger partial charge in [0.1, 0.15) is 5.75 Å². The lowest BCUT2D eigenvalue weighted by atomic mass is 10.1. The normalized spacial score (nSPS) is 12.0. The van der Waals surface area contributed by atoms with Gasteiger partial charge in [-0.15, -0.1) is 0 Å². The SMILES string of the molecule is CCCCCCCCCOc1cnc(-c2ccc(C(=O)Oc3ccc(C(=O)OC(COCCC)C(F)(F)F)cc3)cc2)nc1. The summed E-state index contributed by atoms with van der Waals surface area (Å²) >= 11 is 0. The van der Waals surface area contributed by atoms with Crippen molar-refractivity contribution in [3.63, 3.8) is 0 Å². The van der Waals surface area contributed by atoms with Crippen LogP contribution in [-0.4, -0.2) is 54.0 Å². The molecule has 0 N–H and O–H groups in total. The second kappa shape index (κ2) is 18.0. The Kier molecular flexibility index (Phi) is 14.1. The van der Waals surface area contributed by atoms with E-state index in [1.54, 1.807) is 43.6 Å². The number of halogens is 3. The maximum Gasteiger partial charge on any atom is 0.427 e. The minimum absolute atomic E-state index is 0.102. The molecule has 0 amide bonds. The third kappa shape index (κ3) is 11.6. The van der Waals surface area contributed by atoms with Crippen LogP contribution in [0.5, 0.6) is 11.5 Å². The van der Waals surface area contributed by atoms with Crippen LogP contribution in [0.2, 0.25) is 0 Å². The Morgan fingerprint density at radius 3 is 1.93 bits per heavy atom. The van der Waals surface area contributed by atoms with Crippen molar-refractivity contribution < 1.29 is 41.7 Å². The van der Waals surface area contributed by atoms with Crippen molar-refractivity contribution >= 4 is 11.9 Å². The molecule has 3 rings (SSSR count). The van der Waals surface area contributed by atoms with Gasteiger partial charge >= 0.3 is 18.1 Å². The summed E-state index contributed by atoms with van der Waals surface area (Å²) in [5.74, 6) is -0.659. The predicted octanol–water partition coefficient (Wildman–Crippen LogP) is 8.01. The lowest BCUT2D eigenvalue weighted by molar-refractivity contribution is -0.217. The number of carbonyl (C=O) groups excluding carboxylic acids is 2. The van der Waals surface area contributed by atoms with Crippen LogP contribution >= 0.6 is 0 Å². The van der Waals surface area contributed by atoms with Gasteiger partial charge in [0.05, 0.1) is 36.7 Å². The lowest BCUT2D eigenvalue weighted by Crippen LogP contribution is -2.38. The molecule has 0 radical (unpaired) electrons. The molecule has 3 aromatic rings. The molecule has 0 spiro atoms. The molecule has 8 nitrogen and oxygen atoms in total. The van der Waals surface area contributed by atoms with Crippen molar-refractivity contribution in [1.29, 1.82) is 0 Å². The third-order valence-electron chi connectivity index (χ3n) is 6.56. The topological polar surface area (TPSA) is 96.8 Å². The first kappa shape index (κ1) is 34.5. The van der Waals surface area contributed by atoms with Crippen molar-refractivity contribution in [2.24, 2.45) is 0 Å². The molecule has 0 bridgehead atoms. The minimum Gasteiger partial charge on any atom is -0.490 e. The zero-order chi connectivity index (χ0) is 31.8. The van der Waals surface area contributed by atoms with Gasteiger partial charge in [0, 0.05) is 12.2 Å². The molecule has 0 saturated carbocycles. The Bertz CT molecular complexity index is 1280. The molecule has 44 heavy (non-hydrogen) atoms. The summed E-state index contributed by atoms with van der Waals surface area (Å²) in [5.41, 5.74) is 0.820. The monoisotopic (exact) mass is 616 g/mol. The molecule has 0 aliphatic heterocycles. The molecule has 0 aliphatic rings. The molecule has 1 heterocycles. The van der Waals surface area contributed by atoms with Gasteiger partial charge < -0.3 is 18.9 Å². The van der Waals surface area contributed by atoms with Crippen LogP contribution in [0, 0.1) is 0 Å². The van der Waals surface area contributed by atoms with Crippen LogP contribution in [0.4, 0.5) is 13.2 Å². The average Bonchev–Trinajstić information content (AvgIpc) is 3.02. The fourth-order valence-electron chi connectivity index (χ4n) is 4.10. The van der Waals surface area contributed by atoms with E-state index in [2.05, 4.69) is 21.6 Å². The van der Waals surface area contributed by atoms with E-state index < -0.39 is 30.8 Å². The van der Waals surface area contributed by atoms with Crippen LogP contribution in [0.15, 0.2) is 60.9 Å². The smallest absolute Gasteiger partial charge is 0.427 e. The fourth-order valence-corrected chi connectivity index (χ4v) is 4.10. The molecule has 1 aromatic heterocycles. The molecule has 238 valence electrons. The molecule has 11 heteroatoms. The number of esters is 2. The van der Waals surface area contributed by atoms with E-state index in [1.165, 1.54) is 56.4 Å². The third-order valence-corrected chi connectivity index (χ3v) is 6.56. The lowest BCUT2D eigenvalue weighted by Gasteiger charge is -2.20. The van der Waals surface area contributed by atoms with Gasteiger partial charge in [0.25, 0.3) is 0 Å². The van der Waals surface area contributed by atoms with Crippen LogP contribution < -0.4 is 9.47 Å². The van der Waals surface area contributed by atoms with Gasteiger partial charge in [-0.1, -0.05) is 64.5 Å². The average molecular weight is 617 g/mol. The fraction of sp³-hybridized carbons (Fsp3) is 0.455. The van der Waals surface area contributed by atoms with Gasteiger partial charge in [0.15, 0.2) is 11.6 Å². The van der Waals surface area contributed by atoms with E-state index in [4.69, 9.17) is 14.2 Å². The molecule has 2 aromatic carbocycles. The summed E-state index contributed by atoms with van der Waals surface area (Å²) in [6, 6.07) is 11.5. The summed E-state index contributed by atoms with van der Waals surface area (Å²) in [6.07, 6.45) is 5.03. The molecule has 0 saturated heterocycles. The number of aromatic nitrogens is 2. The number of carbonyl (C=O) groups is 2. The van der Waals surface area contributed by atoms with Crippen molar-refractivity contribution in [3.8, 4) is 22.9 Å². The van der Waals surface area contributed by atoms with E-state index in [-0.39, 0.29) is 23.5 Å². The standard InChI is InChI=1S/C33H39F3N2O6/c1-3-5-6-7-8-9-10-20-42-28-21-37-30(38-22-28)24-11-13-25(14-12-24)31(39)43-27-17-15-26(16-18-27)32(40)44-29(33(34,35)36)23-41-19-4-2/h11-18,21-22,29H,3-10,19-20,23H2,1-2H3. The molecule has 1 unspecified atom stereocenters. The molecular formula is C33H39F3N2O6. The van der Waals surface area contributed by atoms with Gasteiger partial charge in [-0.25, -0.2) is 19.6 Å². The Labute approximate surface area is 255 Å². The van der Waals surface area contributed by atoms with E-state index in [9.17, 15) is 22.8 Å². The number of hydrogen-bond acceptors (Lipinski definition) is 8. The van der Waals surface area contributed by atoms with E-state index in [0.29, 0.717) is 30.2 Å². The summed E-state index contributed by atoms with van der Waals surface area (Å²) in [5, 5.41) is 0. The van der Waals surface area contributed by atoms with Crippen LogP contribution in [0.1, 0.15) is 85.9 Å². The highest BCUT2D eigenvalue weighted by Crippen LogP contribution is 2.25. The van der Waals surface area contributed by atoms with Gasteiger partial charge in [-0.2, -0.15) is 13.2 Å². The van der Waals surface area contributed by atoms with Crippen LogP contribution in [0.3, 0.4) is 0 Å². The summed E-state index contributed by atoms with van der Waals surface area (Å²) in [7, 11) is 0. The number of alkyl halides is 3. The summed E-state index contributed by atoms with van der Waals surface area (Å²) in [6.45, 7) is 3.90. The molecule has 0 fully saturated rings. The van der Waals surface area contributed by atoms with Crippen molar-refractivity contribution in [3.05, 3.63) is 72.1 Å². The first-order valence-corrected chi connectivity index (χ1v) is 14.9. The maximum absolute atomic E-state index is 13.2. The number of benzene rings is 2. The first-order valence-electron chi connectivity index (χ1n) is 14.9. The largest absolute Gasteiger partial charge is 0.490 e. The summed E-state index contributed by atoms with van der Waals surface area (Å²) < 4.78 is 60.2. The Hall–Kier alpha value is -3.99. The van der Waals surface area contributed by atoms with E-state index in [0.717, 1.165) is 12.8 Å². The number of unbranched alkanes of at least 4 members (excludes halogenated alkanes) is 6. The van der Waals surface area contributed by atoms with Crippen LogP contribution in [-0.2, 0) is 9.47 Å². The van der Waals surface area contributed by atoms with Gasteiger partial charge in [-0.05, 0) is 49.2 Å². The number of nitrogens with zero attached hydrogens (tertiary/aromatic N) is 2. The molecule has 0 aliphatic carbocycles. The summed E-state index contributed by atoms with van der Waals surface area (Å²) in [4.78, 5) is 33.6. The maximum atomic E-state index is 13.2. The number of hydrogen-bond donors (Lipinski definition) is 0. The zero-order valence-electron chi connectivity index (χ0n) is 25.1. The predicted molar refractivity (Wildman–Crippen MR) is 159 cm³/mol. The second-order valence-electron chi connectivity index (χ2n) is 10.2. The number of ether oxygens (including phenoxy) is 4. The first-order chi connectivity index (χ1) is 21.2. The van der Waals surface area contributed by atoms with Crippen molar-refractivity contribution in [1.82, 2.24) is 9.97 Å². The quantitative estimate of drug-likeness (QED) is 0.0806. The van der Waals surface area contributed by atoms with Crippen molar-refractivity contribution in [2.45, 2.75) is 77.5 Å². The Morgan fingerprint density at radius 1 is 0.727 bits per heavy atom. The van der Waals surface area contributed by atoms with Gasteiger partial charge in [0.2, 0.25) is 6.10 Å². The highest BCUT2D eigenvalue weighted by Gasteiger charge is 2.43. The second-order valence-corrected chi connectivity index (χ2v) is 10.2. The number of rotatable bonds is 18. The zero-order valence-corrected chi connectivity index (χ0v) is 25.1. The molecule has 1 atom stereocenters. The highest BCUT2D eigenvalue weighted by molar-refractivity contribution is 5.92. The van der Waals surface area contributed by atoms with Gasteiger partial charge in [-0.3, -0.25) is 0 Å².